The number of halogens is 1. The van der Waals surface area contributed by atoms with Crippen LogP contribution in [-0.4, -0.2) is 52.4 Å². The van der Waals surface area contributed by atoms with Crippen molar-refractivity contribution in [3.05, 3.63) is 29.8 Å². The lowest BCUT2D eigenvalue weighted by Crippen LogP contribution is -2.56. The van der Waals surface area contributed by atoms with Crippen molar-refractivity contribution in [2.45, 2.75) is 31.8 Å². The van der Waals surface area contributed by atoms with Crippen LogP contribution in [0.15, 0.2) is 18.3 Å². The SMILES string of the molecule is CC1CN2CCCC2CN1C(=O)c1ccc(F)nc1. The van der Waals surface area contributed by atoms with Crippen molar-refractivity contribution in [3.8, 4) is 0 Å². The molecule has 1 aromatic heterocycles. The number of carbonyl (C=O) groups excluding carboxylic acids is 1. The number of amides is 1. The van der Waals surface area contributed by atoms with Crippen molar-refractivity contribution < 1.29 is 9.18 Å². The molecule has 0 bridgehead atoms. The fraction of sp³-hybridized carbons (Fsp3) is 0.571. The zero-order valence-corrected chi connectivity index (χ0v) is 11.1. The fourth-order valence-corrected chi connectivity index (χ4v) is 3.14. The first-order valence-corrected chi connectivity index (χ1v) is 6.82. The van der Waals surface area contributed by atoms with Crippen LogP contribution in [0.5, 0.6) is 0 Å². The molecule has 2 aliphatic heterocycles. The Morgan fingerprint density at radius 1 is 1.42 bits per heavy atom. The van der Waals surface area contributed by atoms with Crippen LogP contribution in [0, 0.1) is 5.95 Å². The maximum Gasteiger partial charge on any atom is 0.255 e. The monoisotopic (exact) mass is 263 g/mol. The Kier molecular flexibility index (Phi) is 3.22. The molecule has 2 saturated heterocycles. The molecule has 1 aromatic rings. The van der Waals surface area contributed by atoms with Gasteiger partial charge in [0.15, 0.2) is 0 Å². The molecule has 0 radical (unpaired) electrons. The topological polar surface area (TPSA) is 36.4 Å². The van der Waals surface area contributed by atoms with E-state index in [1.165, 1.54) is 24.8 Å². The van der Waals surface area contributed by atoms with Crippen molar-refractivity contribution in [2.24, 2.45) is 0 Å². The lowest BCUT2D eigenvalue weighted by atomic mass is 10.1. The third-order valence-electron chi connectivity index (χ3n) is 4.17. The van der Waals surface area contributed by atoms with E-state index in [-0.39, 0.29) is 11.9 Å². The quantitative estimate of drug-likeness (QED) is 0.721. The molecule has 3 heterocycles. The lowest BCUT2D eigenvalue weighted by molar-refractivity contribution is 0.0395. The molecular weight excluding hydrogens is 245 g/mol. The Balaban J connectivity index is 1.77. The molecule has 3 rings (SSSR count). The maximum absolute atomic E-state index is 12.8. The summed E-state index contributed by atoms with van der Waals surface area (Å²) in [4.78, 5) is 20.4. The molecule has 0 spiro atoms. The molecule has 5 heteroatoms. The van der Waals surface area contributed by atoms with Gasteiger partial charge in [-0.25, -0.2) is 4.98 Å². The van der Waals surface area contributed by atoms with Gasteiger partial charge in [0.05, 0.1) is 5.56 Å². The Morgan fingerprint density at radius 2 is 2.26 bits per heavy atom. The number of fused-ring (bicyclic) bond motifs is 1. The minimum absolute atomic E-state index is 0.0356. The maximum atomic E-state index is 12.8. The van der Waals surface area contributed by atoms with Gasteiger partial charge in [0.25, 0.3) is 5.91 Å². The van der Waals surface area contributed by atoms with Gasteiger partial charge in [0.1, 0.15) is 0 Å². The van der Waals surface area contributed by atoms with Gasteiger partial charge in [-0.3, -0.25) is 9.69 Å². The van der Waals surface area contributed by atoms with Crippen LogP contribution in [0.2, 0.25) is 0 Å². The van der Waals surface area contributed by atoms with E-state index in [0.29, 0.717) is 11.6 Å². The standard InChI is InChI=1S/C14H18FN3O/c1-10-8-17-6-2-3-12(17)9-18(10)14(19)11-4-5-13(15)16-7-11/h4-5,7,10,12H,2-3,6,8-9H2,1H3. The van der Waals surface area contributed by atoms with E-state index in [9.17, 15) is 9.18 Å². The van der Waals surface area contributed by atoms with Gasteiger partial charge in [-0.05, 0) is 38.4 Å². The van der Waals surface area contributed by atoms with Crippen LogP contribution in [-0.2, 0) is 0 Å². The average Bonchev–Trinajstić information content (AvgIpc) is 2.85. The van der Waals surface area contributed by atoms with Crippen LogP contribution in [0.4, 0.5) is 4.39 Å². The second kappa shape index (κ2) is 4.89. The first-order chi connectivity index (χ1) is 9.15. The van der Waals surface area contributed by atoms with Gasteiger partial charge in [0.2, 0.25) is 5.95 Å². The fourth-order valence-electron chi connectivity index (χ4n) is 3.14. The molecule has 19 heavy (non-hydrogen) atoms. The third kappa shape index (κ3) is 2.34. The summed E-state index contributed by atoms with van der Waals surface area (Å²) in [6.07, 6.45) is 3.71. The smallest absolute Gasteiger partial charge is 0.255 e. The lowest BCUT2D eigenvalue weighted by Gasteiger charge is -2.42. The van der Waals surface area contributed by atoms with Crippen LogP contribution in [0.25, 0.3) is 0 Å². The van der Waals surface area contributed by atoms with Gasteiger partial charge in [0, 0.05) is 31.4 Å². The van der Waals surface area contributed by atoms with Crippen LogP contribution in [0.1, 0.15) is 30.1 Å². The van der Waals surface area contributed by atoms with Gasteiger partial charge < -0.3 is 4.90 Å². The summed E-state index contributed by atoms with van der Waals surface area (Å²) in [5.74, 6) is -0.586. The first kappa shape index (κ1) is 12.5. The Hall–Kier alpha value is -1.49. The highest BCUT2D eigenvalue weighted by atomic mass is 19.1. The zero-order chi connectivity index (χ0) is 13.4. The van der Waals surface area contributed by atoms with E-state index in [0.717, 1.165) is 26.1 Å². The summed E-state index contributed by atoms with van der Waals surface area (Å²) in [6.45, 7) is 4.93. The molecule has 2 unspecified atom stereocenters. The van der Waals surface area contributed by atoms with Gasteiger partial charge in [-0.15, -0.1) is 0 Å². The molecule has 0 aromatic carbocycles. The average molecular weight is 263 g/mol. The van der Waals surface area contributed by atoms with Gasteiger partial charge in [-0.2, -0.15) is 4.39 Å². The molecule has 4 nitrogen and oxygen atoms in total. The van der Waals surface area contributed by atoms with E-state index in [1.807, 2.05) is 4.90 Å². The number of rotatable bonds is 1. The molecule has 2 fully saturated rings. The van der Waals surface area contributed by atoms with E-state index in [4.69, 9.17) is 0 Å². The molecule has 102 valence electrons. The molecule has 0 saturated carbocycles. The highest BCUT2D eigenvalue weighted by Crippen LogP contribution is 2.25. The van der Waals surface area contributed by atoms with Crippen LogP contribution in [0.3, 0.4) is 0 Å². The zero-order valence-electron chi connectivity index (χ0n) is 11.1. The third-order valence-corrected chi connectivity index (χ3v) is 4.17. The van der Waals surface area contributed by atoms with Crippen molar-refractivity contribution in [1.29, 1.82) is 0 Å². The molecular formula is C14H18FN3O. The Bertz CT molecular complexity index is 476. The van der Waals surface area contributed by atoms with Crippen LogP contribution >= 0.6 is 0 Å². The minimum Gasteiger partial charge on any atom is -0.333 e. The number of carbonyl (C=O) groups is 1. The van der Waals surface area contributed by atoms with Crippen molar-refractivity contribution in [1.82, 2.24) is 14.8 Å². The molecule has 0 N–H and O–H groups in total. The Labute approximate surface area is 112 Å². The highest BCUT2D eigenvalue weighted by Gasteiger charge is 2.36. The predicted molar refractivity (Wildman–Crippen MR) is 69.3 cm³/mol. The molecule has 2 aliphatic rings. The second-order valence-corrected chi connectivity index (χ2v) is 5.47. The summed E-state index contributed by atoms with van der Waals surface area (Å²) in [7, 11) is 0. The first-order valence-electron chi connectivity index (χ1n) is 6.82. The number of pyridine rings is 1. The van der Waals surface area contributed by atoms with Crippen LogP contribution < -0.4 is 0 Å². The second-order valence-electron chi connectivity index (χ2n) is 5.47. The molecule has 1 amide bonds. The number of piperazine rings is 1. The number of nitrogens with zero attached hydrogens (tertiary/aromatic N) is 3. The Morgan fingerprint density at radius 3 is 3.00 bits per heavy atom. The number of aromatic nitrogens is 1. The molecule has 2 atom stereocenters. The van der Waals surface area contributed by atoms with Gasteiger partial charge in [-0.1, -0.05) is 0 Å². The predicted octanol–water partition coefficient (Wildman–Crippen LogP) is 1.53. The van der Waals surface area contributed by atoms with Crippen molar-refractivity contribution >= 4 is 5.91 Å². The number of hydrogen-bond donors (Lipinski definition) is 0. The normalized spacial score (nSPS) is 27.4. The van der Waals surface area contributed by atoms with Gasteiger partial charge >= 0.3 is 0 Å². The summed E-state index contributed by atoms with van der Waals surface area (Å²) in [6, 6.07) is 3.45. The van der Waals surface area contributed by atoms with E-state index < -0.39 is 5.95 Å². The van der Waals surface area contributed by atoms with Crippen molar-refractivity contribution in [3.63, 3.8) is 0 Å². The molecule has 0 aliphatic carbocycles. The summed E-state index contributed by atoms with van der Waals surface area (Å²) >= 11 is 0. The minimum atomic E-state index is -0.551. The van der Waals surface area contributed by atoms with E-state index >= 15 is 0 Å². The van der Waals surface area contributed by atoms with E-state index in [1.54, 1.807) is 0 Å². The van der Waals surface area contributed by atoms with Crippen molar-refractivity contribution in [2.75, 3.05) is 19.6 Å². The van der Waals surface area contributed by atoms with E-state index in [2.05, 4.69) is 16.8 Å². The summed E-state index contributed by atoms with van der Waals surface area (Å²) in [5.41, 5.74) is 0.472. The largest absolute Gasteiger partial charge is 0.333 e. The highest BCUT2D eigenvalue weighted by molar-refractivity contribution is 5.94. The number of hydrogen-bond acceptors (Lipinski definition) is 3. The summed E-state index contributed by atoms with van der Waals surface area (Å²) < 4.78 is 12.8. The summed E-state index contributed by atoms with van der Waals surface area (Å²) in [5, 5.41) is 0.